The highest BCUT2D eigenvalue weighted by molar-refractivity contribution is 5.73. The zero-order valence-corrected chi connectivity index (χ0v) is 15.0. The predicted molar refractivity (Wildman–Crippen MR) is 97.4 cm³/mol. The lowest BCUT2D eigenvalue weighted by Gasteiger charge is -2.19. The standard InChI is InChI=1S/C19H24FN3O2/c1-22(2)18-10-7-15(11-17(18)20)12-21-19(24)23(3)13-14-5-8-16(25-4)9-6-14/h5-11H,12-13H2,1-4H3,(H,21,24). The molecule has 6 heteroatoms. The maximum Gasteiger partial charge on any atom is 0.317 e. The molecule has 0 aliphatic rings. The Labute approximate surface area is 148 Å². The number of urea groups is 1. The fourth-order valence-corrected chi connectivity index (χ4v) is 2.41. The first-order valence-electron chi connectivity index (χ1n) is 7.98. The maximum atomic E-state index is 14.0. The highest BCUT2D eigenvalue weighted by Crippen LogP contribution is 2.18. The van der Waals surface area contributed by atoms with E-state index in [0.29, 0.717) is 17.8 Å². The number of carbonyl (C=O) groups excluding carboxylic acids is 1. The fraction of sp³-hybridized carbons (Fsp3) is 0.316. The molecule has 0 aromatic heterocycles. The first-order valence-corrected chi connectivity index (χ1v) is 7.98. The summed E-state index contributed by atoms with van der Waals surface area (Å²) in [6, 6.07) is 12.3. The lowest BCUT2D eigenvalue weighted by molar-refractivity contribution is 0.206. The van der Waals surface area contributed by atoms with Gasteiger partial charge in [0.1, 0.15) is 11.6 Å². The largest absolute Gasteiger partial charge is 0.497 e. The van der Waals surface area contributed by atoms with E-state index < -0.39 is 0 Å². The van der Waals surface area contributed by atoms with Crippen molar-refractivity contribution in [2.24, 2.45) is 0 Å². The highest BCUT2D eigenvalue weighted by atomic mass is 19.1. The van der Waals surface area contributed by atoms with Crippen molar-refractivity contribution in [3.8, 4) is 5.75 Å². The Kier molecular flexibility index (Phi) is 6.22. The van der Waals surface area contributed by atoms with Crippen molar-refractivity contribution in [3.05, 3.63) is 59.4 Å². The number of benzene rings is 2. The number of nitrogens with zero attached hydrogens (tertiary/aromatic N) is 2. The summed E-state index contributed by atoms with van der Waals surface area (Å²) in [6.45, 7) is 0.750. The normalized spacial score (nSPS) is 10.3. The van der Waals surface area contributed by atoms with Gasteiger partial charge in [-0.05, 0) is 35.4 Å². The number of halogens is 1. The van der Waals surface area contributed by atoms with Crippen molar-refractivity contribution in [2.75, 3.05) is 33.2 Å². The van der Waals surface area contributed by atoms with Gasteiger partial charge in [-0.1, -0.05) is 18.2 Å². The topological polar surface area (TPSA) is 44.8 Å². The molecule has 0 unspecified atom stereocenters. The van der Waals surface area contributed by atoms with E-state index in [1.165, 1.54) is 6.07 Å². The van der Waals surface area contributed by atoms with Crippen LogP contribution in [0.4, 0.5) is 14.9 Å². The van der Waals surface area contributed by atoms with Crippen LogP contribution in [-0.4, -0.2) is 39.2 Å². The molecule has 0 saturated carbocycles. The van der Waals surface area contributed by atoms with Crippen LogP contribution in [0, 0.1) is 5.82 Å². The molecule has 0 aliphatic carbocycles. The van der Waals surface area contributed by atoms with Gasteiger partial charge in [0.2, 0.25) is 0 Å². The van der Waals surface area contributed by atoms with Crippen LogP contribution in [0.5, 0.6) is 5.75 Å². The number of hydrogen-bond donors (Lipinski definition) is 1. The number of ether oxygens (including phenoxy) is 1. The Morgan fingerprint density at radius 3 is 2.28 bits per heavy atom. The lowest BCUT2D eigenvalue weighted by Crippen LogP contribution is -2.36. The van der Waals surface area contributed by atoms with Gasteiger partial charge in [-0.15, -0.1) is 0 Å². The van der Waals surface area contributed by atoms with Crippen molar-refractivity contribution >= 4 is 11.7 Å². The van der Waals surface area contributed by atoms with E-state index in [2.05, 4.69) is 5.32 Å². The summed E-state index contributed by atoms with van der Waals surface area (Å²) in [5.74, 6) is 0.474. The van der Waals surface area contributed by atoms with E-state index in [-0.39, 0.29) is 18.4 Å². The van der Waals surface area contributed by atoms with E-state index in [0.717, 1.165) is 11.3 Å². The summed E-state index contributed by atoms with van der Waals surface area (Å²) in [6.07, 6.45) is 0. The second-order valence-corrected chi connectivity index (χ2v) is 6.04. The molecule has 2 aromatic carbocycles. The summed E-state index contributed by atoms with van der Waals surface area (Å²) >= 11 is 0. The molecular formula is C19H24FN3O2. The van der Waals surface area contributed by atoms with Crippen LogP contribution in [0.25, 0.3) is 0 Å². The molecule has 2 rings (SSSR count). The van der Waals surface area contributed by atoms with Crippen molar-refractivity contribution in [2.45, 2.75) is 13.1 Å². The molecule has 0 aliphatic heterocycles. The van der Waals surface area contributed by atoms with E-state index in [1.54, 1.807) is 44.1 Å². The molecule has 25 heavy (non-hydrogen) atoms. The first-order chi connectivity index (χ1) is 11.9. The fourth-order valence-electron chi connectivity index (χ4n) is 2.41. The first kappa shape index (κ1) is 18.6. The van der Waals surface area contributed by atoms with Gasteiger partial charge in [-0.3, -0.25) is 0 Å². The molecule has 0 fully saturated rings. The number of hydrogen-bond acceptors (Lipinski definition) is 3. The van der Waals surface area contributed by atoms with Gasteiger partial charge in [-0.25, -0.2) is 9.18 Å². The van der Waals surface area contributed by atoms with Gasteiger partial charge >= 0.3 is 6.03 Å². The molecule has 0 spiro atoms. The number of amides is 2. The maximum absolute atomic E-state index is 14.0. The molecule has 2 amide bonds. The number of rotatable bonds is 6. The Hall–Kier alpha value is -2.76. The van der Waals surface area contributed by atoms with Gasteiger partial charge in [0.15, 0.2) is 0 Å². The van der Waals surface area contributed by atoms with Crippen LogP contribution in [0.1, 0.15) is 11.1 Å². The molecule has 0 radical (unpaired) electrons. The third-order valence-electron chi connectivity index (χ3n) is 3.86. The molecule has 0 atom stereocenters. The zero-order chi connectivity index (χ0) is 18.4. The second kappa shape index (κ2) is 8.37. The van der Waals surface area contributed by atoms with Gasteiger partial charge in [0, 0.05) is 34.2 Å². The van der Waals surface area contributed by atoms with E-state index in [9.17, 15) is 9.18 Å². The number of anilines is 1. The molecule has 0 saturated heterocycles. The molecule has 1 N–H and O–H groups in total. The third kappa shape index (κ3) is 5.11. The van der Waals surface area contributed by atoms with E-state index in [1.807, 2.05) is 30.3 Å². The Morgan fingerprint density at radius 1 is 1.08 bits per heavy atom. The monoisotopic (exact) mass is 345 g/mol. The van der Waals surface area contributed by atoms with Crippen LogP contribution in [-0.2, 0) is 13.1 Å². The minimum Gasteiger partial charge on any atom is -0.497 e. The van der Waals surface area contributed by atoms with E-state index in [4.69, 9.17) is 4.74 Å². The minimum atomic E-state index is -0.302. The van der Waals surface area contributed by atoms with Crippen molar-refractivity contribution in [3.63, 3.8) is 0 Å². The molecule has 5 nitrogen and oxygen atoms in total. The highest BCUT2D eigenvalue weighted by Gasteiger charge is 2.10. The SMILES string of the molecule is COc1ccc(CN(C)C(=O)NCc2ccc(N(C)C)c(F)c2)cc1. The number of carbonyl (C=O) groups is 1. The smallest absolute Gasteiger partial charge is 0.317 e. The summed E-state index contributed by atoms with van der Waals surface area (Å²) < 4.78 is 19.1. The van der Waals surface area contributed by atoms with Gasteiger partial charge in [0.05, 0.1) is 12.8 Å². The molecular weight excluding hydrogens is 321 g/mol. The zero-order valence-electron chi connectivity index (χ0n) is 15.0. The van der Waals surface area contributed by atoms with Crippen LogP contribution in [0.15, 0.2) is 42.5 Å². The predicted octanol–water partition coefficient (Wildman–Crippen LogP) is 3.24. The van der Waals surface area contributed by atoms with Gasteiger partial charge < -0.3 is 19.9 Å². The van der Waals surface area contributed by atoms with Crippen molar-refractivity contribution in [1.82, 2.24) is 10.2 Å². The quantitative estimate of drug-likeness (QED) is 0.874. The summed E-state index contributed by atoms with van der Waals surface area (Å²) in [5.41, 5.74) is 2.24. The van der Waals surface area contributed by atoms with Gasteiger partial charge in [0.25, 0.3) is 0 Å². The third-order valence-corrected chi connectivity index (χ3v) is 3.86. The van der Waals surface area contributed by atoms with Crippen LogP contribution in [0.3, 0.4) is 0 Å². The summed E-state index contributed by atoms with van der Waals surface area (Å²) in [7, 11) is 6.90. The Morgan fingerprint density at radius 2 is 1.72 bits per heavy atom. The van der Waals surface area contributed by atoms with Crippen LogP contribution >= 0.6 is 0 Å². The Bertz CT molecular complexity index is 717. The van der Waals surface area contributed by atoms with Crippen molar-refractivity contribution in [1.29, 1.82) is 0 Å². The average Bonchev–Trinajstić information content (AvgIpc) is 2.60. The summed E-state index contributed by atoms with van der Waals surface area (Å²) in [5, 5.41) is 2.80. The van der Waals surface area contributed by atoms with Crippen LogP contribution in [0.2, 0.25) is 0 Å². The lowest BCUT2D eigenvalue weighted by atomic mass is 10.2. The van der Waals surface area contributed by atoms with E-state index >= 15 is 0 Å². The number of methoxy groups -OCH3 is 1. The molecule has 0 heterocycles. The Balaban J connectivity index is 1.89. The minimum absolute atomic E-state index is 0.215. The average molecular weight is 345 g/mol. The molecule has 0 bridgehead atoms. The molecule has 134 valence electrons. The van der Waals surface area contributed by atoms with Crippen molar-refractivity contribution < 1.29 is 13.9 Å². The van der Waals surface area contributed by atoms with Gasteiger partial charge in [-0.2, -0.15) is 0 Å². The molecule has 2 aromatic rings. The number of nitrogens with one attached hydrogen (secondary N) is 1. The summed E-state index contributed by atoms with van der Waals surface area (Å²) in [4.78, 5) is 15.5. The van der Waals surface area contributed by atoms with Crippen LogP contribution < -0.4 is 15.0 Å². The second-order valence-electron chi connectivity index (χ2n) is 6.04.